The SMILES string of the molecule is CCCCCCCCN=C1CCCCC1=Nc1c(C(C)C)cccc1C(C)C. The summed E-state index contributed by atoms with van der Waals surface area (Å²) in [5.41, 5.74) is 6.51. The Morgan fingerprint density at radius 2 is 1.36 bits per heavy atom. The molecule has 0 unspecified atom stereocenters. The van der Waals surface area contributed by atoms with Crippen LogP contribution in [0.2, 0.25) is 0 Å². The second-order valence-corrected chi connectivity index (χ2v) is 8.96. The zero-order chi connectivity index (χ0) is 20.4. The van der Waals surface area contributed by atoms with E-state index in [1.165, 1.54) is 79.6 Å². The maximum atomic E-state index is 5.27. The zero-order valence-electron chi connectivity index (χ0n) is 19.1. The third kappa shape index (κ3) is 6.87. The van der Waals surface area contributed by atoms with Crippen LogP contribution in [0.3, 0.4) is 0 Å². The van der Waals surface area contributed by atoms with Crippen LogP contribution in [0.4, 0.5) is 5.69 Å². The summed E-state index contributed by atoms with van der Waals surface area (Å²) in [7, 11) is 0. The van der Waals surface area contributed by atoms with Gasteiger partial charge in [0.1, 0.15) is 0 Å². The molecule has 1 aliphatic carbocycles. The second kappa shape index (κ2) is 12.2. The van der Waals surface area contributed by atoms with Crippen LogP contribution in [0.15, 0.2) is 28.2 Å². The van der Waals surface area contributed by atoms with Gasteiger partial charge in [-0.3, -0.25) is 9.98 Å². The van der Waals surface area contributed by atoms with Crippen molar-refractivity contribution < 1.29 is 0 Å². The summed E-state index contributed by atoms with van der Waals surface area (Å²) in [5.74, 6) is 0.982. The van der Waals surface area contributed by atoms with Crippen molar-refractivity contribution in [1.82, 2.24) is 0 Å². The highest BCUT2D eigenvalue weighted by molar-refractivity contribution is 6.43. The van der Waals surface area contributed by atoms with E-state index in [1.54, 1.807) is 0 Å². The Morgan fingerprint density at radius 3 is 1.96 bits per heavy atom. The monoisotopic (exact) mass is 382 g/mol. The lowest BCUT2D eigenvalue weighted by atomic mass is 9.91. The predicted octanol–water partition coefficient (Wildman–Crippen LogP) is 8.38. The number of nitrogens with zero attached hydrogens (tertiary/aromatic N) is 2. The first-order valence-electron chi connectivity index (χ1n) is 11.8. The number of para-hydroxylation sites is 1. The van der Waals surface area contributed by atoms with E-state index in [2.05, 4.69) is 52.8 Å². The Labute approximate surface area is 174 Å². The smallest absolute Gasteiger partial charge is 0.0702 e. The summed E-state index contributed by atoms with van der Waals surface area (Å²) < 4.78 is 0. The number of rotatable bonds is 10. The Kier molecular flexibility index (Phi) is 9.95. The lowest BCUT2D eigenvalue weighted by Crippen LogP contribution is -2.20. The summed E-state index contributed by atoms with van der Waals surface area (Å²) in [5, 5.41) is 0. The fourth-order valence-corrected chi connectivity index (χ4v) is 4.05. The molecule has 0 N–H and O–H groups in total. The van der Waals surface area contributed by atoms with E-state index in [-0.39, 0.29) is 0 Å². The quantitative estimate of drug-likeness (QED) is 0.363. The van der Waals surface area contributed by atoms with Gasteiger partial charge >= 0.3 is 0 Å². The molecule has 1 saturated carbocycles. The molecule has 2 rings (SSSR count). The van der Waals surface area contributed by atoms with Gasteiger partial charge in [0, 0.05) is 6.54 Å². The van der Waals surface area contributed by atoms with Crippen LogP contribution in [0.5, 0.6) is 0 Å². The molecule has 2 heteroatoms. The summed E-state index contributed by atoms with van der Waals surface area (Å²) >= 11 is 0. The molecule has 156 valence electrons. The van der Waals surface area contributed by atoms with Gasteiger partial charge in [0.25, 0.3) is 0 Å². The molecule has 1 aromatic rings. The van der Waals surface area contributed by atoms with E-state index in [4.69, 9.17) is 9.98 Å². The summed E-state index contributed by atoms with van der Waals surface area (Å²) in [6.07, 6.45) is 12.7. The van der Waals surface area contributed by atoms with E-state index < -0.39 is 0 Å². The zero-order valence-corrected chi connectivity index (χ0v) is 19.1. The highest BCUT2D eigenvalue weighted by Gasteiger charge is 2.18. The molecule has 0 radical (unpaired) electrons. The molecule has 0 atom stereocenters. The van der Waals surface area contributed by atoms with Crippen molar-refractivity contribution >= 4 is 17.1 Å². The number of hydrogen-bond donors (Lipinski definition) is 0. The second-order valence-electron chi connectivity index (χ2n) is 8.96. The number of hydrogen-bond acceptors (Lipinski definition) is 2. The van der Waals surface area contributed by atoms with Gasteiger partial charge in [0.2, 0.25) is 0 Å². The lowest BCUT2D eigenvalue weighted by Gasteiger charge is -2.20. The molecule has 0 spiro atoms. The number of unbranched alkanes of at least 4 members (excludes halogenated alkanes) is 5. The van der Waals surface area contributed by atoms with Crippen LogP contribution in [0, 0.1) is 0 Å². The normalized spacial score (nSPS) is 18.0. The van der Waals surface area contributed by atoms with Crippen LogP contribution in [0.1, 0.15) is 122 Å². The third-order valence-electron chi connectivity index (χ3n) is 5.81. The van der Waals surface area contributed by atoms with Crippen molar-refractivity contribution in [1.29, 1.82) is 0 Å². The van der Waals surface area contributed by atoms with Gasteiger partial charge in [0.15, 0.2) is 0 Å². The van der Waals surface area contributed by atoms with Crippen LogP contribution in [0.25, 0.3) is 0 Å². The van der Waals surface area contributed by atoms with Crippen molar-refractivity contribution in [3.05, 3.63) is 29.3 Å². The van der Waals surface area contributed by atoms with E-state index in [1.807, 2.05) is 0 Å². The molecule has 1 aromatic carbocycles. The molecule has 0 bridgehead atoms. The van der Waals surface area contributed by atoms with E-state index in [9.17, 15) is 0 Å². The number of benzene rings is 1. The van der Waals surface area contributed by atoms with Gasteiger partial charge in [-0.15, -0.1) is 0 Å². The molecule has 0 saturated heterocycles. The van der Waals surface area contributed by atoms with Gasteiger partial charge in [-0.25, -0.2) is 0 Å². The highest BCUT2D eigenvalue weighted by atomic mass is 14.8. The van der Waals surface area contributed by atoms with Crippen molar-refractivity contribution in [3.8, 4) is 0 Å². The summed E-state index contributed by atoms with van der Waals surface area (Å²) in [6.45, 7) is 12.4. The topological polar surface area (TPSA) is 24.7 Å². The first-order valence-corrected chi connectivity index (χ1v) is 11.8. The molecule has 1 fully saturated rings. The largest absolute Gasteiger partial charge is 0.288 e. The fourth-order valence-electron chi connectivity index (χ4n) is 4.05. The average molecular weight is 383 g/mol. The lowest BCUT2D eigenvalue weighted by molar-refractivity contribution is 0.612. The van der Waals surface area contributed by atoms with E-state index >= 15 is 0 Å². The van der Waals surface area contributed by atoms with Crippen LogP contribution in [-0.2, 0) is 0 Å². The highest BCUT2D eigenvalue weighted by Crippen LogP contribution is 2.35. The molecule has 0 aliphatic heterocycles. The minimum atomic E-state index is 0.491. The molecule has 0 aromatic heterocycles. The minimum Gasteiger partial charge on any atom is -0.288 e. The fraction of sp³-hybridized carbons (Fsp3) is 0.692. The van der Waals surface area contributed by atoms with Gasteiger partial charge < -0.3 is 0 Å². The maximum absolute atomic E-state index is 5.27. The molecule has 1 aliphatic rings. The molecular formula is C26H42N2. The Morgan fingerprint density at radius 1 is 0.786 bits per heavy atom. The van der Waals surface area contributed by atoms with Crippen molar-refractivity contribution in [3.63, 3.8) is 0 Å². The molecular weight excluding hydrogens is 340 g/mol. The first-order chi connectivity index (χ1) is 13.5. The summed E-state index contributed by atoms with van der Waals surface area (Å²) in [4.78, 5) is 10.3. The minimum absolute atomic E-state index is 0.491. The maximum Gasteiger partial charge on any atom is 0.0702 e. The Balaban J connectivity index is 2.17. The molecule has 0 heterocycles. The van der Waals surface area contributed by atoms with Gasteiger partial charge in [-0.05, 0) is 55.1 Å². The predicted molar refractivity (Wildman–Crippen MR) is 126 cm³/mol. The van der Waals surface area contributed by atoms with E-state index in [0.29, 0.717) is 11.8 Å². The van der Waals surface area contributed by atoms with Crippen molar-refractivity contribution in [2.24, 2.45) is 9.98 Å². The molecule has 0 amide bonds. The number of aliphatic imine (C=N–C) groups is 2. The van der Waals surface area contributed by atoms with Crippen molar-refractivity contribution in [2.45, 2.75) is 111 Å². The van der Waals surface area contributed by atoms with Crippen LogP contribution in [-0.4, -0.2) is 18.0 Å². The van der Waals surface area contributed by atoms with Crippen LogP contribution < -0.4 is 0 Å². The Bertz CT molecular complexity index is 626. The first kappa shape index (κ1) is 22.8. The van der Waals surface area contributed by atoms with E-state index in [0.717, 1.165) is 19.4 Å². The molecule has 28 heavy (non-hydrogen) atoms. The van der Waals surface area contributed by atoms with Crippen molar-refractivity contribution in [2.75, 3.05) is 6.54 Å². The average Bonchev–Trinajstić information content (AvgIpc) is 2.68. The van der Waals surface area contributed by atoms with Crippen LogP contribution >= 0.6 is 0 Å². The van der Waals surface area contributed by atoms with Gasteiger partial charge in [-0.1, -0.05) is 84.9 Å². The molecule has 2 nitrogen and oxygen atoms in total. The summed E-state index contributed by atoms with van der Waals surface area (Å²) in [6, 6.07) is 6.71. The standard InChI is InChI=1S/C26H42N2/c1-6-7-8-9-10-13-19-27-24-17-11-12-18-25(24)28-26-22(20(2)3)15-14-16-23(26)21(4)5/h14-16,20-21H,6-13,17-19H2,1-5H3. The third-order valence-corrected chi connectivity index (χ3v) is 5.81. The van der Waals surface area contributed by atoms with Gasteiger partial charge in [0.05, 0.1) is 17.1 Å². The Hall–Kier alpha value is -1.44. The van der Waals surface area contributed by atoms with Gasteiger partial charge in [-0.2, -0.15) is 0 Å².